The molecule has 4 aromatic heterocycles. The van der Waals surface area contributed by atoms with Crippen LogP contribution in [-0.4, -0.2) is 29.1 Å². The predicted molar refractivity (Wildman–Crippen MR) is 207 cm³/mol. The minimum atomic E-state index is -2.30. The van der Waals surface area contributed by atoms with Crippen molar-refractivity contribution in [1.29, 1.82) is 5.26 Å². The fourth-order valence-electron chi connectivity index (χ4n) is 7.71. The maximum absolute atomic E-state index is 15.8. The molecule has 4 heterocycles. The van der Waals surface area contributed by atoms with E-state index in [4.69, 9.17) is 0 Å². The molecule has 0 saturated heterocycles. The largest absolute Gasteiger partial charge is 0.307 e. The van der Waals surface area contributed by atoms with E-state index in [0.29, 0.717) is 50.5 Å². The zero-order chi connectivity index (χ0) is 38.9. The van der Waals surface area contributed by atoms with Crippen molar-refractivity contribution in [3.8, 4) is 51.3 Å². The fourth-order valence-corrected chi connectivity index (χ4v) is 7.71. The van der Waals surface area contributed by atoms with Crippen LogP contribution in [0.1, 0.15) is 5.56 Å². The summed E-state index contributed by atoms with van der Waals surface area (Å²) >= 11 is 0. The molecular weight excluding hydrogens is 734 g/mol. The molecule has 0 radical (unpaired) electrons. The molecular formula is C45H22F5N7. The first-order valence-electron chi connectivity index (χ1n) is 17.6. The van der Waals surface area contributed by atoms with Gasteiger partial charge < -0.3 is 9.13 Å². The topological polar surface area (TPSA) is 85.2 Å². The third-order valence-corrected chi connectivity index (χ3v) is 10.2. The third-order valence-electron chi connectivity index (χ3n) is 10.2. The standard InChI is InChI=1S/C45H22F5N7/c46-39-38(40(47)42(49)43(50)41(39)48)31-22-37(57-33-10-4-2-8-28(33)30-14-12-25(20-35(30)57)45-54-17-6-18-55-45)36(21-26(31)23-51)56-32-9-3-1-7-27(32)29-13-11-24(19-34(29)56)44-52-15-5-16-53-44/h1-22H. The summed E-state index contributed by atoms with van der Waals surface area (Å²) < 4.78 is 79.4. The molecule has 0 aliphatic heterocycles. The summed E-state index contributed by atoms with van der Waals surface area (Å²) in [6, 6.07) is 34.7. The molecule has 0 atom stereocenters. The van der Waals surface area contributed by atoms with E-state index < -0.39 is 40.2 Å². The van der Waals surface area contributed by atoms with Crippen molar-refractivity contribution in [3.05, 3.63) is 169 Å². The van der Waals surface area contributed by atoms with Crippen LogP contribution in [-0.2, 0) is 0 Å². The van der Waals surface area contributed by atoms with Gasteiger partial charge in [0, 0.05) is 63.0 Å². The van der Waals surface area contributed by atoms with Gasteiger partial charge in [0.15, 0.2) is 34.9 Å². The molecule has 0 amide bonds. The molecule has 0 unspecified atom stereocenters. The van der Waals surface area contributed by atoms with E-state index in [-0.39, 0.29) is 11.3 Å². The van der Waals surface area contributed by atoms with Gasteiger partial charge in [-0.05, 0) is 48.5 Å². The Morgan fingerprint density at radius 2 is 0.860 bits per heavy atom. The Bertz CT molecular complexity index is 3290. The van der Waals surface area contributed by atoms with Crippen molar-refractivity contribution >= 4 is 43.6 Å². The summed E-state index contributed by atoms with van der Waals surface area (Å²) in [5, 5.41) is 13.9. The van der Waals surface area contributed by atoms with Crippen molar-refractivity contribution in [2.45, 2.75) is 0 Å². The molecule has 0 aliphatic rings. The number of hydrogen-bond donors (Lipinski definition) is 0. The molecule has 0 bridgehead atoms. The van der Waals surface area contributed by atoms with Gasteiger partial charge in [0.1, 0.15) is 0 Å². The van der Waals surface area contributed by atoms with E-state index in [1.807, 2.05) is 100 Å². The third kappa shape index (κ3) is 5.09. The summed E-state index contributed by atoms with van der Waals surface area (Å²) in [6.45, 7) is 0. The lowest BCUT2D eigenvalue weighted by Crippen LogP contribution is -2.08. The number of halogens is 5. The van der Waals surface area contributed by atoms with Gasteiger partial charge in [-0.1, -0.05) is 60.7 Å². The molecule has 0 saturated carbocycles. The van der Waals surface area contributed by atoms with Gasteiger partial charge in [-0.3, -0.25) is 0 Å². The fraction of sp³-hybridized carbons (Fsp3) is 0. The van der Waals surface area contributed by atoms with Gasteiger partial charge in [-0.25, -0.2) is 41.9 Å². The first-order valence-corrected chi connectivity index (χ1v) is 17.6. The van der Waals surface area contributed by atoms with Crippen LogP contribution in [0, 0.1) is 40.4 Å². The van der Waals surface area contributed by atoms with Crippen molar-refractivity contribution in [1.82, 2.24) is 29.1 Å². The quantitative estimate of drug-likeness (QED) is 0.0992. The molecule has 10 aromatic rings. The van der Waals surface area contributed by atoms with Gasteiger partial charge in [0.05, 0.1) is 50.6 Å². The molecule has 10 rings (SSSR count). The zero-order valence-electron chi connectivity index (χ0n) is 29.2. The van der Waals surface area contributed by atoms with E-state index >= 15 is 8.78 Å². The Hall–Kier alpha value is -7.78. The summed E-state index contributed by atoms with van der Waals surface area (Å²) in [5.74, 6) is -9.76. The highest BCUT2D eigenvalue weighted by Crippen LogP contribution is 2.43. The van der Waals surface area contributed by atoms with Crippen molar-refractivity contribution < 1.29 is 22.0 Å². The number of para-hydroxylation sites is 2. The van der Waals surface area contributed by atoms with Crippen LogP contribution in [0.15, 0.2) is 134 Å². The predicted octanol–water partition coefficient (Wildman–Crippen LogP) is 11.0. The summed E-state index contributed by atoms with van der Waals surface area (Å²) in [6.07, 6.45) is 6.51. The number of nitrogens with zero attached hydrogens (tertiary/aromatic N) is 7. The number of nitriles is 1. The number of benzene rings is 6. The average molecular weight is 756 g/mol. The van der Waals surface area contributed by atoms with Crippen LogP contribution in [0.25, 0.3) is 88.9 Å². The molecule has 57 heavy (non-hydrogen) atoms. The Morgan fingerprint density at radius 3 is 1.33 bits per heavy atom. The highest BCUT2D eigenvalue weighted by atomic mass is 19.2. The maximum atomic E-state index is 15.8. The van der Waals surface area contributed by atoms with Gasteiger partial charge in [0.2, 0.25) is 5.82 Å². The number of fused-ring (bicyclic) bond motifs is 6. The Morgan fingerprint density at radius 1 is 0.439 bits per heavy atom. The number of aromatic nitrogens is 6. The molecule has 0 aliphatic carbocycles. The molecule has 0 spiro atoms. The van der Waals surface area contributed by atoms with Crippen molar-refractivity contribution in [2.24, 2.45) is 0 Å². The SMILES string of the molecule is N#Cc1cc(-n2c3ccccc3c3ccc(-c4ncccn4)cc32)c(-n2c3ccccc3c3ccc(-c4ncccn4)cc32)cc1-c1c(F)c(F)c(F)c(F)c1F. The summed E-state index contributed by atoms with van der Waals surface area (Å²) in [7, 11) is 0. The lowest BCUT2D eigenvalue weighted by Gasteiger charge is -2.20. The molecule has 272 valence electrons. The lowest BCUT2D eigenvalue weighted by atomic mass is 9.96. The van der Waals surface area contributed by atoms with E-state index in [1.165, 1.54) is 12.1 Å². The van der Waals surface area contributed by atoms with Crippen LogP contribution in [0.5, 0.6) is 0 Å². The second kappa shape index (κ2) is 12.9. The van der Waals surface area contributed by atoms with Gasteiger partial charge in [-0.2, -0.15) is 5.26 Å². The number of rotatable bonds is 5. The highest BCUT2D eigenvalue weighted by molar-refractivity contribution is 6.12. The van der Waals surface area contributed by atoms with Crippen LogP contribution in [0.2, 0.25) is 0 Å². The molecule has 7 nitrogen and oxygen atoms in total. The second-order valence-corrected chi connectivity index (χ2v) is 13.3. The van der Waals surface area contributed by atoms with Crippen LogP contribution in [0.3, 0.4) is 0 Å². The average Bonchev–Trinajstić information content (AvgIpc) is 3.77. The smallest absolute Gasteiger partial charge is 0.200 e. The zero-order valence-corrected chi connectivity index (χ0v) is 29.2. The Kier molecular flexibility index (Phi) is 7.65. The maximum Gasteiger partial charge on any atom is 0.200 e. The van der Waals surface area contributed by atoms with Crippen molar-refractivity contribution in [2.75, 3.05) is 0 Å². The first-order chi connectivity index (χ1) is 27.8. The van der Waals surface area contributed by atoms with Gasteiger partial charge in [-0.15, -0.1) is 0 Å². The molecule has 12 heteroatoms. The Labute approximate surface area is 319 Å². The van der Waals surface area contributed by atoms with Crippen LogP contribution in [0.4, 0.5) is 22.0 Å². The van der Waals surface area contributed by atoms with Crippen molar-refractivity contribution in [3.63, 3.8) is 0 Å². The number of hydrogen-bond acceptors (Lipinski definition) is 5. The van der Waals surface area contributed by atoms with Crippen LogP contribution >= 0.6 is 0 Å². The van der Waals surface area contributed by atoms with E-state index in [1.54, 1.807) is 36.9 Å². The van der Waals surface area contributed by atoms with E-state index in [2.05, 4.69) is 19.9 Å². The monoisotopic (exact) mass is 755 g/mol. The normalized spacial score (nSPS) is 11.6. The highest BCUT2D eigenvalue weighted by Gasteiger charge is 2.30. The Balaban J connectivity index is 1.39. The second-order valence-electron chi connectivity index (χ2n) is 13.3. The molecule has 0 N–H and O–H groups in total. The van der Waals surface area contributed by atoms with E-state index in [0.717, 1.165) is 21.5 Å². The summed E-state index contributed by atoms with van der Waals surface area (Å²) in [4.78, 5) is 17.8. The first kappa shape index (κ1) is 33.8. The van der Waals surface area contributed by atoms with Gasteiger partial charge in [0.25, 0.3) is 0 Å². The molecule has 0 fully saturated rings. The van der Waals surface area contributed by atoms with Gasteiger partial charge >= 0.3 is 0 Å². The minimum Gasteiger partial charge on any atom is -0.307 e. The minimum absolute atomic E-state index is 0.272. The van der Waals surface area contributed by atoms with Crippen LogP contribution < -0.4 is 0 Å². The summed E-state index contributed by atoms with van der Waals surface area (Å²) in [5.41, 5.74) is 2.63. The van der Waals surface area contributed by atoms with E-state index in [9.17, 15) is 18.4 Å². The molecule has 6 aromatic carbocycles. The lowest BCUT2D eigenvalue weighted by molar-refractivity contribution is 0.381.